The minimum absolute atomic E-state index is 0.154. The van der Waals surface area contributed by atoms with E-state index in [-0.39, 0.29) is 5.91 Å². The lowest BCUT2D eigenvalue weighted by molar-refractivity contribution is -0.141. The van der Waals surface area contributed by atoms with Crippen molar-refractivity contribution in [3.8, 4) is 0 Å². The van der Waals surface area contributed by atoms with Crippen LogP contribution >= 0.6 is 0 Å². The van der Waals surface area contributed by atoms with E-state index in [0.29, 0.717) is 19.2 Å². The first-order chi connectivity index (χ1) is 8.16. The Labute approximate surface area is 102 Å². The maximum atomic E-state index is 11.5. The van der Waals surface area contributed by atoms with Crippen LogP contribution in [-0.4, -0.2) is 72.4 Å². The average molecular weight is 242 g/mol. The maximum Gasteiger partial charge on any atom is 0.251 e. The van der Waals surface area contributed by atoms with Gasteiger partial charge < -0.3 is 14.7 Å². The third-order valence-electron chi connectivity index (χ3n) is 3.33. The second-order valence-corrected chi connectivity index (χ2v) is 4.91. The Morgan fingerprint density at radius 2 is 2.00 bits per heavy atom. The van der Waals surface area contributed by atoms with Gasteiger partial charge in [0.2, 0.25) is 0 Å². The molecule has 0 aromatic rings. The summed E-state index contributed by atoms with van der Waals surface area (Å²) in [5, 5.41) is 9.22. The third-order valence-corrected chi connectivity index (χ3v) is 3.33. The van der Waals surface area contributed by atoms with Crippen LogP contribution in [0.4, 0.5) is 0 Å². The van der Waals surface area contributed by atoms with Crippen LogP contribution in [0, 0.1) is 0 Å². The predicted molar refractivity (Wildman–Crippen MR) is 63.7 cm³/mol. The van der Waals surface area contributed by atoms with Gasteiger partial charge in [0.1, 0.15) is 6.10 Å². The van der Waals surface area contributed by atoms with Crippen molar-refractivity contribution in [1.82, 2.24) is 9.80 Å². The van der Waals surface area contributed by atoms with Crippen LogP contribution in [0.15, 0.2) is 0 Å². The molecule has 0 radical (unpaired) electrons. The molecule has 1 heterocycles. The number of amides is 1. The van der Waals surface area contributed by atoms with Crippen LogP contribution in [0.25, 0.3) is 0 Å². The molecule has 1 saturated heterocycles. The van der Waals surface area contributed by atoms with Crippen LogP contribution in [0.3, 0.4) is 0 Å². The van der Waals surface area contributed by atoms with E-state index in [2.05, 4.69) is 4.90 Å². The Morgan fingerprint density at radius 1 is 1.35 bits per heavy atom. The van der Waals surface area contributed by atoms with Crippen LogP contribution in [0.1, 0.15) is 19.8 Å². The zero-order chi connectivity index (χ0) is 12.3. The third kappa shape index (κ3) is 3.94. The summed E-state index contributed by atoms with van der Waals surface area (Å²) in [6.07, 6.45) is 2.08. The zero-order valence-corrected chi connectivity index (χ0v) is 10.5. The van der Waals surface area contributed by atoms with Crippen molar-refractivity contribution >= 4 is 5.91 Å². The summed E-state index contributed by atoms with van der Waals surface area (Å²) < 4.78 is 5.61. The van der Waals surface area contributed by atoms with Gasteiger partial charge in [0.25, 0.3) is 5.91 Å². The molecule has 2 rings (SSSR count). The smallest absolute Gasteiger partial charge is 0.251 e. The first kappa shape index (κ1) is 12.8. The van der Waals surface area contributed by atoms with E-state index >= 15 is 0 Å². The first-order valence-corrected chi connectivity index (χ1v) is 6.47. The molecule has 1 unspecified atom stereocenters. The molecular weight excluding hydrogens is 220 g/mol. The number of aliphatic hydroxyl groups is 1. The Hall–Kier alpha value is -0.650. The number of piperazine rings is 1. The quantitative estimate of drug-likeness (QED) is 0.718. The topological polar surface area (TPSA) is 53.0 Å². The van der Waals surface area contributed by atoms with Crippen molar-refractivity contribution in [2.24, 2.45) is 0 Å². The summed E-state index contributed by atoms with van der Waals surface area (Å²) in [6.45, 7) is 6.47. The fourth-order valence-electron chi connectivity index (χ4n) is 2.04. The summed E-state index contributed by atoms with van der Waals surface area (Å²) >= 11 is 0. The number of hydrogen-bond donors (Lipinski definition) is 1. The molecule has 2 aliphatic rings. The molecule has 1 saturated carbocycles. The number of hydrogen-bond acceptors (Lipinski definition) is 4. The fraction of sp³-hybridized carbons (Fsp3) is 0.917. The highest BCUT2D eigenvalue weighted by atomic mass is 16.5. The number of nitrogens with zero attached hydrogens (tertiary/aromatic N) is 2. The van der Waals surface area contributed by atoms with Gasteiger partial charge in [-0.15, -0.1) is 0 Å². The van der Waals surface area contributed by atoms with Gasteiger partial charge >= 0.3 is 0 Å². The van der Waals surface area contributed by atoms with Gasteiger partial charge in [-0.25, -0.2) is 0 Å². The van der Waals surface area contributed by atoms with Crippen molar-refractivity contribution < 1.29 is 14.6 Å². The molecule has 17 heavy (non-hydrogen) atoms. The van der Waals surface area contributed by atoms with E-state index in [9.17, 15) is 9.90 Å². The van der Waals surface area contributed by atoms with Crippen LogP contribution in [0.2, 0.25) is 0 Å². The summed E-state index contributed by atoms with van der Waals surface area (Å²) in [4.78, 5) is 15.6. The van der Waals surface area contributed by atoms with Gasteiger partial charge in [-0.3, -0.25) is 9.69 Å². The minimum Gasteiger partial charge on any atom is -0.384 e. The average Bonchev–Trinajstić information content (AvgIpc) is 3.13. The Kier molecular flexibility index (Phi) is 4.36. The van der Waals surface area contributed by atoms with Gasteiger partial charge in [0, 0.05) is 32.7 Å². The second-order valence-electron chi connectivity index (χ2n) is 4.91. The lowest BCUT2D eigenvalue weighted by Gasteiger charge is -2.35. The summed E-state index contributed by atoms with van der Waals surface area (Å²) in [7, 11) is 0. The fourth-order valence-corrected chi connectivity index (χ4v) is 2.04. The van der Waals surface area contributed by atoms with Gasteiger partial charge in [0.05, 0.1) is 12.7 Å². The van der Waals surface area contributed by atoms with Crippen molar-refractivity contribution in [1.29, 1.82) is 0 Å². The van der Waals surface area contributed by atoms with Crippen LogP contribution in [0.5, 0.6) is 0 Å². The minimum atomic E-state index is -0.875. The molecule has 1 N–H and O–H groups in total. The molecule has 0 aromatic carbocycles. The maximum absolute atomic E-state index is 11.5. The first-order valence-electron chi connectivity index (χ1n) is 6.47. The summed E-state index contributed by atoms with van der Waals surface area (Å²) in [6, 6.07) is 0. The highest BCUT2D eigenvalue weighted by molar-refractivity contribution is 5.80. The number of aliphatic hydroxyl groups excluding tert-OH is 1. The number of ether oxygens (including phenoxy) is 1. The van der Waals surface area contributed by atoms with E-state index in [1.165, 1.54) is 19.8 Å². The van der Waals surface area contributed by atoms with Crippen molar-refractivity contribution in [2.75, 3.05) is 39.3 Å². The standard InChI is InChI=1S/C12H22N2O3/c1-10(15)12(16)14-6-4-13(5-7-14)8-9-17-11-2-3-11/h10-11,15H,2-9H2,1H3. The molecule has 1 atom stereocenters. The normalized spacial score (nSPS) is 23.8. The molecule has 0 spiro atoms. The molecule has 0 aromatic heterocycles. The van der Waals surface area contributed by atoms with Crippen molar-refractivity contribution in [3.05, 3.63) is 0 Å². The second kappa shape index (κ2) is 5.80. The van der Waals surface area contributed by atoms with Crippen LogP contribution in [-0.2, 0) is 9.53 Å². The summed E-state index contributed by atoms with van der Waals surface area (Å²) in [5.41, 5.74) is 0. The van der Waals surface area contributed by atoms with Gasteiger partial charge in [0.15, 0.2) is 0 Å². The molecule has 1 amide bonds. The molecule has 98 valence electrons. The Morgan fingerprint density at radius 3 is 2.53 bits per heavy atom. The highest BCUT2D eigenvalue weighted by Crippen LogP contribution is 2.23. The van der Waals surface area contributed by atoms with Gasteiger partial charge in [-0.1, -0.05) is 0 Å². The largest absolute Gasteiger partial charge is 0.384 e. The zero-order valence-electron chi connectivity index (χ0n) is 10.5. The lowest BCUT2D eigenvalue weighted by atomic mass is 10.2. The molecule has 5 heteroatoms. The molecule has 1 aliphatic heterocycles. The van der Waals surface area contributed by atoms with Gasteiger partial charge in [-0.2, -0.15) is 0 Å². The number of carbonyl (C=O) groups excluding carboxylic acids is 1. The molecular formula is C12H22N2O3. The summed E-state index contributed by atoms with van der Waals surface area (Å²) in [5.74, 6) is -0.154. The molecule has 1 aliphatic carbocycles. The van der Waals surface area contributed by atoms with E-state index < -0.39 is 6.10 Å². The van der Waals surface area contributed by atoms with E-state index in [0.717, 1.165) is 26.2 Å². The monoisotopic (exact) mass is 242 g/mol. The number of rotatable bonds is 5. The number of carbonyl (C=O) groups is 1. The van der Waals surface area contributed by atoms with Crippen molar-refractivity contribution in [3.63, 3.8) is 0 Å². The Balaban J connectivity index is 1.61. The van der Waals surface area contributed by atoms with E-state index in [4.69, 9.17) is 4.74 Å². The van der Waals surface area contributed by atoms with Crippen LogP contribution < -0.4 is 0 Å². The molecule has 5 nitrogen and oxygen atoms in total. The molecule has 0 bridgehead atoms. The van der Waals surface area contributed by atoms with E-state index in [1.54, 1.807) is 4.90 Å². The van der Waals surface area contributed by atoms with Gasteiger partial charge in [-0.05, 0) is 19.8 Å². The predicted octanol–water partition coefficient (Wildman–Crippen LogP) is -0.310. The Bertz CT molecular complexity index is 258. The highest BCUT2D eigenvalue weighted by Gasteiger charge is 2.25. The molecule has 2 fully saturated rings. The SMILES string of the molecule is CC(O)C(=O)N1CCN(CCOC2CC2)CC1. The van der Waals surface area contributed by atoms with E-state index in [1.807, 2.05) is 0 Å². The lowest BCUT2D eigenvalue weighted by Crippen LogP contribution is -2.51. The van der Waals surface area contributed by atoms with Crippen molar-refractivity contribution in [2.45, 2.75) is 32.0 Å².